The van der Waals surface area contributed by atoms with Gasteiger partial charge in [0.2, 0.25) is 5.91 Å². The van der Waals surface area contributed by atoms with Crippen molar-refractivity contribution < 1.29 is 9.72 Å². The average molecular weight is 279 g/mol. The number of hydrogen-bond donors (Lipinski definition) is 2. The summed E-state index contributed by atoms with van der Waals surface area (Å²) in [5.41, 5.74) is 5.74. The van der Waals surface area contributed by atoms with Crippen LogP contribution in [0.2, 0.25) is 0 Å². The molecule has 0 spiro atoms. The van der Waals surface area contributed by atoms with Crippen LogP contribution in [-0.2, 0) is 4.79 Å². The molecule has 0 saturated carbocycles. The largest absolute Gasteiger partial charge is 0.325 e. The maximum atomic E-state index is 12.3. The van der Waals surface area contributed by atoms with E-state index in [4.69, 9.17) is 5.73 Å². The molecule has 3 N–H and O–H groups in total. The molecule has 110 valence electrons. The molecule has 0 saturated heterocycles. The molecule has 1 aromatic rings. The van der Waals surface area contributed by atoms with Crippen LogP contribution < -0.4 is 11.1 Å². The highest BCUT2D eigenvalue weighted by atomic mass is 16.6. The number of nitrogens with zero attached hydrogens (tertiary/aromatic N) is 1. The first-order valence-electron chi connectivity index (χ1n) is 6.32. The van der Waals surface area contributed by atoms with Crippen molar-refractivity contribution in [2.75, 3.05) is 5.32 Å². The predicted octanol–water partition coefficient (Wildman–Crippen LogP) is 2.61. The third-order valence-electron chi connectivity index (χ3n) is 3.85. The summed E-state index contributed by atoms with van der Waals surface area (Å²) in [6.07, 6.45) is 0. The number of non-ortho nitro benzene ring substituents is 1. The Balaban J connectivity index is 3.00. The molecule has 0 bridgehead atoms. The number of nitrogens with one attached hydrogen (secondary N) is 1. The smallest absolute Gasteiger partial charge is 0.269 e. The second kappa shape index (κ2) is 5.20. The molecule has 1 rings (SSSR count). The minimum atomic E-state index is -0.777. The summed E-state index contributed by atoms with van der Waals surface area (Å²) < 4.78 is 0. The molecule has 0 aliphatic carbocycles. The lowest BCUT2D eigenvalue weighted by Gasteiger charge is -2.37. The molecule has 0 aliphatic heterocycles. The van der Waals surface area contributed by atoms with Gasteiger partial charge in [0.15, 0.2) is 0 Å². The van der Waals surface area contributed by atoms with Crippen LogP contribution in [0.3, 0.4) is 0 Å². The topological polar surface area (TPSA) is 98.3 Å². The highest BCUT2D eigenvalue weighted by Crippen LogP contribution is 2.31. The summed E-state index contributed by atoms with van der Waals surface area (Å²) in [7, 11) is 0. The van der Waals surface area contributed by atoms with Crippen LogP contribution in [0.15, 0.2) is 18.2 Å². The SMILES string of the molecule is Cc1cc([N+](=O)[O-])ccc1NC(=O)C(C)(C)C(C)(C)N. The first-order chi connectivity index (χ1) is 8.96. The molecule has 0 radical (unpaired) electrons. The number of amides is 1. The second-order valence-corrected chi connectivity index (χ2v) is 6.06. The van der Waals surface area contributed by atoms with E-state index in [1.54, 1.807) is 34.6 Å². The molecule has 0 unspecified atom stereocenters. The fourth-order valence-electron chi connectivity index (χ4n) is 1.47. The van der Waals surface area contributed by atoms with Crippen LogP contribution in [0, 0.1) is 22.5 Å². The molecular formula is C14H21N3O3. The van der Waals surface area contributed by atoms with Gasteiger partial charge in [-0.1, -0.05) is 0 Å². The normalized spacial score (nSPS) is 12.1. The summed E-state index contributed by atoms with van der Waals surface area (Å²) in [5, 5.41) is 13.5. The predicted molar refractivity (Wildman–Crippen MR) is 78.5 cm³/mol. The first-order valence-corrected chi connectivity index (χ1v) is 6.32. The van der Waals surface area contributed by atoms with E-state index in [0.29, 0.717) is 11.3 Å². The molecule has 1 amide bonds. The number of benzene rings is 1. The molecule has 20 heavy (non-hydrogen) atoms. The van der Waals surface area contributed by atoms with E-state index in [-0.39, 0.29) is 11.6 Å². The van der Waals surface area contributed by atoms with Gasteiger partial charge < -0.3 is 11.1 Å². The Bertz CT molecular complexity index is 545. The molecule has 1 aromatic carbocycles. The lowest BCUT2D eigenvalue weighted by atomic mass is 9.74. The van der Waals surface area contributed by atoms with E-state index in [2.05, 4.69) is 5.32 Å². The van der Waals surface area contributed by atoms with Gasteiger partial charge in [-0.3, -0.25) is 14.9 Å². The molecule has 0 atom stereocenters. The molecular weight excluding hydrogens is 258 g/mol. The number of nitro benzene ring substituents is 1. The Morgan fingerprint density at radius 2 is 1.85 bits per heavy atom. The summed E-state index contributed by atoms with van der Waals surface area (Å²) in [6.45, 7) is 8.82. The van der Waals surface area contributed by atoms with E-state index >= 15 is 0 Å². The van der Waals surface area contributed by atoms with Crippen molar-refractivity contribution in [2.24, 2.45) is 11.1 Å². The molecule has 0 heterocycles. The van der Waals surface area contributed by atoms with E-state index in [9.17, 15) is 14.9 Å². The molecule has 6 nitrogen and oxygen atoms in total. The Morgan fingerprint density at radius 3 is 2.25 bits per heavy atom. The van der Waals surface area contributed by atoms with Crippen LogP contribution in [0.25, 0.3) is 0 Å². The van der Waals surface area contributed by atoms with Gasteiger partial charge in [-0.15, -0.1) is 0 Å². The Morgan fingerprint density at radius 1 is 1.30 bits per heavy atom. The van der Waals surface area contributed by atoms with Crippen molar-refractivity contribution in [1.29, 1.82) is 0 Å². The number of carbonyl (C=O) groups excluding carboxylic acids is 1. The number of carbonyl (C=O) groups is 1. The van der Waals surface area contributed by atoms with Crippen LogP contribution in [0.4, 0.5) is 11.4 Å². The van der Waals surface area contributed by atoms with Gasteiger partial charge in [0, 0.05) is 23.4 Å². The van der Waals surface area contributed by atoms with Crippen LogP contribution in [0.1, 0.15) is 33.3 Å². The molecule has 6 heteroatoms. The maximum absolute atomic E-state index is 12.3. The van der Waals surface area contributed by atoms with Gasteiger partial charge >= 0.3 is 0 Å². The Labute approximate surface area is 118 Å². The number of hydrogen-bond acceptors (Lipinski definition) is 4. The fraction of sp³-hybridized carbons (Fsp3) is 0.500. The highest BCUT2D eigenvalue weighted by molar-refractivity contribution is 5.96. The Hall–Kier alpha value is -1.95. The van der Waals surface area contributed by atoms with E-state index in [1.807, 2.05) is 0 Å². The average Bonchev–Trinajstić information content (AvgIpc) is 2.29. The van der Waals surface area contributed by atoms with Crippen molar-refractivity contribution in [3.63, 3.8) is 0 Å². The highest BCUT2D eigenvalue weighted by Gasteiger charge is 2.40. The number of nitro groups is 1. The van der Waals surface area contributed by atoms with Gasteiger partial charge in [-0.05, 0) is 46.2 Å². The molecule has 0 aliphatic rings. The number of anilines is 1. The van der Waals surface area contributed by atoms with E-state index in [1.165, 1.54) is 18.2 Å². The van der Waals surface area contributed by atoms with Gasteiger partial charge in [0.25, 0.3) is 5.69 Å². The van der Waals surface area contributed by atoms with Crippen LogP contribution >= 0.6 is 0 Å². The third-order valence-corrected chi connectivity index (χ3v) is 3.85. The zero-order valence-electron chi connectivity index (χ0n) is 12.5. The van der Waals surface area contributed by atoms with Crippen LogP contribution in [0.5, 0.6) is 0 Å². The minimum Gasteiger partial charge on any atom is -0.325 e. The van der Waals surface area contributed by atoms with Crippen molar-refractivity contribution in [2.45, 2.75) is 40.2 Å². The standard InChI is InChI=1S/C14H21N3O3/c1-9-8-10(17(19)20)6-7-11(9)16-12(18)13(2,3)14(4,5)15/h6-8H,15H2,1-5H3,(H,16,18). The van der Waals surface area contributed by atoms with Gasteiger partial charge in [-0.25, -0.2) is 0 Å². The lowest BCUT2D eigenvalue weighted by Crippen LogP contribution is -2.53. The molecule has 0 fully saturated rings. The monoisotopic (exact) mass is 279 g/mol. The Kier molecular flexibility index (Phi) is 4.19. The van der Waals surface area contributed by atoms with E-state index < -0.39 is 15.9 Å². The van der Waals surface area contributed by atoms with Crippen LogP contribution in [-0.4, -0.2) is 16.4 Å². The number of aryl methyl sites for hydroxylation is 1. The van der Waals surface area contributed by atoms with Gasteiger partial charge in [0.1, 0.15) is 0 Å². The minimum absolute atomic E-state index is 0.00101. The lowest BCUT2D eigenvalue weighted by molar-refractivity contribution is -0.384. The van der Waals surface area contributed by atoms with Crippen molar-refractivity contribution in [1.82, 2.24) is 0 Å². The molecule has 0 aromatic heterocycles. The van der Waals surface area contributed by atoms with Crippen molar-refractivity contribution >= 4 is 17.3 Å². The maximum Gasteiger partial charge on any atom is 0.269 e. The number of nitrogens with two attached hydrogens (primary N) is 1. The second-order valence-electron chi connectivity index (χ2n) is 6.06. The first kappa shape index (κ1) is 16.1. The zero-order chi connectivity index (χ0) is 15.7. The fourth-order valence-corrected chi connectivity index (χ4v) is 1.47. The van der Waals surface area contributed by atoms with Crippen molar-refractivity contribution in [3.05, 3.63) is 33.9 Å². The van der Waals surface area contributed by atoms with Gasteiger partial charge in [-0.2, -0.15) is 0 Å². The quantitative estimate of drug-likeness (QED) is 0.653. The summed E-state index contributed by atoms with van der Waals surface area (Å²) >= 11 is 0. The van der Waals surface area contributed by atoms with E-state index in [0.717, 1.165) is 0 Å². The summed E-state index contributed by atoms with van der Waals surface area (Å²) in [5.74, 6) is -0.220. The van der Waals surface area contributed by atoms with Gasteiger partial charge in [0.05, 0.1) is 10.3 Å². The zero-order valence-corrected chi connectivity index (χ0v) is 12.5. The third kappa shape index (κ3) is 3.14. The summed E-state index contributed by atoms with van der Waals surface area (Å²) in [6, 6.07) is 4.32. The number of rotatable bonds is 4. The summed E-state index contributed by atoms with van der Waals surface area (Å²) in [4.78, 5) is 22.5. The van der Waals surface area contributed by atoms with Crippen molar-refractivity contribution in [3.8, 4) is 0 Å².